The van der Waals surface area contributed by atoms with Crippen molar-refractivity contribution < 1.29 is 0 Å². The molecule has 0 unspecified atom stereocenters. The maximum Gasteiger partial charge on any atom is 0.160 e. The van der Waals surface area contributed by atoms with E-state index in [0.29, 0.717) is 12.0 Å². The lowest BCUT2D eigenvalue weighted by Gasteiger charge is -2.35. The Balaban J connectivity index is 1.75. The number of nitrogens with zero attached hydrogens (tertiary/aromatic N) is 4. The van der Waals surface area contributed by atoms with Crippen LogP contribution in [0.2, 0.25) is 0 Å². The van der Waals surface area contributed by atoms with Crippen LogP contribution >= 0.6 is 0 Å². The van der Waals surface area contributed by atoms with Crippen molar-refractivity contribution in [1.29, 1.82) is 0 Å². The molecule has 0 N–H and O–H groups in total. The molecule has 0 bridgehead atoms. The minimum atomic E-state index is 0.553. The van der Waals surface area contributed by atoms with Crippen LogP contribution in [0.3, 0.4) is 0 Å². The lowest BCUT2D eigenvalue weighted by atomic mass is 9.95. The number of aromatic nitrogens is 3. The molecule has 1 aliphatic rings. The zero-order chi connectivity index (χ0) is 13.2. The lowest BCUT2D eigenvalue weighted by molar-refractivity contribution is 0.156. The number of pyridine rings is 1. The fraction of sp³-hybridized carbons (Fsp3) is 0.600. The minimum Gasteiger partial charge on any atom is -0.301 e. The summed E-state index contributed by atoms with van der Waals surface area (Å²) in [5.74, 6) is 1.69. The SMILES string of the molecule is CC[C@@H](C)N1CCC(c2nnc3ccccn23)CC1. The molecule has 4 heteroatoms. The molecule has 1 saturated heterocycles. The Morgan fingerprint density at radius 3 is 2.79 bits per heavy atom. The van der Waals surface area contributed by atoms with E-state index in [1.54, 1.807) is 0 Å². The zero-order valence-electron chi connectivity index (χ0n) is 11.8. The number of piperidine rings is 1. The van der Waals surface area contributed by atoms with E-state index in [1.165, 1.54) is 32.4 Å². The molecule has 19 heavy (non-hydrogen) atoms. The highest BCUT2D eigenvalue weighted by atomic mass is 15.3. The topological polar surface area (TPSA) is 33.4 Å². The molecule has 2 aromatic rings. The zero-order valence-corrected chi connectivity index (χ0v) is 11.8. The lowest BCUT2D eigenvalue weighted by Crippen LogP contribution is -2.39. The maximum absolute atomic E-state index is 4.40. The number of hydrogen-bond donors (Lipinski definition) is 0. The Labute approximate surface area is 114 Å². The molecule has 0 spiro atoms. The van der Waals surface area contributed by atoms with Crippen molar-refractivity contribution in [3.8, 4) is 0 Å². The van der Waals surface area contributed by atoms with E-state index in [2.05, 4.69) is 39.5 Å². The second kappa shape index (κ2) is 5.29. The smallest absolute Gasteiger partial charge is 0.160 e. The van der Waals surface area contributed by atoms with Crippen molar-refractivity contribution in [2.75, 3.05) is 13.1 Å². The van der Waals surface area contributed by atoms with Gasteiger partial charge in [-0.3, -0.25) is 4.40 Å². The third-order valence-electron chi connectivity index (χ3n) is 4.45. The highest BCUT2D eigenvalue weighted by Gasteiger charge is 2.25. The van der Waals surface area contributed by atoms with E-state index in [4.69, 9.17) is 0 Å². The average molecular weight is 258 g/mol. The van der Waals surface area contributed by atoms with Crippen LogP contribution in [0.1, 0.15) is 44.9 Å². The largest absolute Gasteiger partial charge is 0.301 e. The van der Waals surface area contributed by atoms with E-state index in [9.17, 15) is 0 Å². The molecule has 4 nitrogen and oxygen atoms in total. The number of hydrogen-bond acceptors (Lipinski definition) is 3. The first-order chi connectivity index (χ1) is 9.29. The Morgan fingerprint density at radius 2 is 2.05 bits per heavy atom. The van der Waals surface area contributed by atoms with Crippen LogP contribution in [0.4, 0.5) is 0 Å². The predicted molar refractivity (Wildman–Crippen MR) is 76.3 cm³/mol. The van der Waals surface area contributed by atoms with E-state index < -0.39 is 0 Å². The van der Waals surface area contributed by atoms with Crippen LogP contribution in [0.25, 0.3) is 5.65 Å². The van der Waals surface area contributed by atoms with Crippen LogP contribution in [-0.2, 0) is 0 Å². The van der Waals surface area contributed by atoms with Gasteiger partial charge in [0.15, 0.2) is 5.65 Å². The average Bonchev–Trinajstić information content (AvgIpc) is 2.90. The molecule has 2 aromatic heterocycles. The van der Waals surface area contributed by atoms with Gasteiger partial charge in [0.25, 0.3) is 0 Å². The maximum atomic E-state index is 4.40. The van der Waals surface area contributed by atoms with Gasteiger partial charge in [-0.05, 0) is 51.4 Å². The second-order valence-corrected chi connectivity index (χ2v) is 5.55. The van der Waals surface area contributed by atoms with Crippen molar-refractivity contribution in [3.63, 3.8) is 0 Å². The summed E-state index contributed by atoms with van der Waals surface area (Å²) in [6, 6.07) is 6.79. The first-order valence-electron chi connectivity index (χ1n) is 7.33. The molecule has 0 saturated carbocycles. The van der Waals surface area contributed by atoms with E-state index in [0.717, 1.165) is 11.5 Å². The van der Waals surface area contributed by atoms with Crippen LogP contribution < -0.4 is 0 Å². The summed E-state index contributed by atoms with van der Waals surface area (Å²) < 4.78 is 2.14. The van der Waals surface area contributed by atoms with Crippen LogP contribution in [0.15, 0.2) is 24.4 Å². The fourth-order valence-corrected chi connectivity index (χ4v) is 2.99. The predicted octanol–water partition coefficient (Wildman–Crippen LogP) is 2.71. The van der Waals surface area contributed by atoms with E-state index in [-0.39, 0.29) is 0 Å². The van der Waals surface area contributed by atoms with Gasteiger partial charge in [-0.15, -0.1) is 10.2 Å². The normalized spacial score (nSPS) is 19.9. The third-order valence-corrected chi connectivity index (χ3v) is 4.45. The fourth-order valence-electron chi connectivity index (χ4n) is 2.99. The van der Waals surface area contributed by atoms with Gasteiger partial charge >= 0.3 is 0 Å². The molecule has 1 fully saturated rings. The summed E-state index contributed by atoms with van der Waals surface area (Å²) in [6.07, 6.45) is 5.70. The van der Waals surface area contributed by atoms with Gasteiger partial charge in [-0.1, -0.05) is 13.0 Å². The molecule has 0 radical (unpaired) electrons. The van der Waals surface area contributed by atoms with Gasteiger partial charge < -0.3 is 4.90 Å². The van der Waals surface area contributed by atoms with Crippen LogP contribution in [0.5, 0.6) is 0 Å². The van der Waals surface area contributed by atoms with Gasteiger partial charge in [0.2, 0.25) is 0 Å². The van der Waals surface area contributed by atoms with E-state index in [1.807, 2.05) is 18.2 Å². The Kier molecular flexibility index (Phi) is 3.51. The van der Waals surface area contributed by atoms with Gasteiger partial charge in [-0.25, -0.2) is 0 Å². The number of fused-ring (bicyclic) bond motifs is 1. The minimum absolute atomic E-state index is 0.553. The summed E-state index contributed by atoms with van der Waals surface area (Å²) in [5, 5.41) is 8.67. The van der Waals surface area contributed by atoms with Crippen molar-refractivity contribution in [1.82, 2.24) is 19.5 Å². The summed E-state index contributed by atoms with van der Waals surface area (Å²) in [4.78, 5) is 2.60. The standard InChI is InChI=1S/C15H22N4/c1-3-12(2)18-10-7-13(8-11-18)15-17-16-14-6-4-5-9-19(14)15/h4-6,9,12-13H,3,7-8,10-11H2,1-2H3/t12-/m1/s1. The molecule has 3 rings (SSSR count). The van der Waals surface area contributed by atoms with Crippen LogP contribution in [-0.4, -0.2) is 38.6 Å². The van der Waals surface area contributed by atoms with Crippen molar-refractivity contribution in [2.45, 2.75) is 45.1 Å². The number of likely N-dealkylation sites (tertiary alicyclic amines) is 1. The molecule has 0 amide bonds. The summed E-state index contributed by atoms with van der Waals surface area (Å²) in [7, 11) is 0. The van der Waals surface area contributed by atoms with Crippen molar-refractivity contribution in [2.24, 2.45) is 0 Å². The van der Waals surface area contributed by atoms with Gasteiger partial charge in [0.05, 0.1) is 0 Å². The quantitative estimate of drug-likeness (QED) is 0.848. The Hall–Kier alpha value is -1.42. The third kappa shape index (κ3) is 2.37. The number of rotatable bonds is 3. The monoisotopic (exact) mass is 258 g/mol. The molecule has 1 atom stereocenters. The summed E-state index contributed by atoms with van der Waals surface area (Å²) in [5.41, 5.74) is 0.960. The molecule has 0 aromatic carbocycles. The molecular weight excluding hydrogens is 236 g/mol. The Morgan fingerprint density at radius 1 is 1.26 bits per heavy atom. The molecular formula is C15H22N4. The summed E-state index contributed by atoms with van der Waals surface area (Å²) in [6.45, 7) is 6.96. The van der Waals surface area contributed by atoms with E-state index >= 15 is 0 Å². The van der Waals surface area contributed by atoms with Gasteiger partial charge in [0, 0.05) is 18.2 Å². The molecule has 3 heterocycles. The second-order valence-electron chi connectivity index (χ2n) is 5.55. The Bertz CT molecular complexity index is 540. The highest BCUT2D eigenvalue weighted by molar-refractivity contribution is 5.37. The molecule has 102 valence electrons. The van der Waals surface area contributed by atoms with Gasteiger partial charge in [-0.2, -0.15) is 0 Å². The van der Waals surface area contributed by atoms with Crippen molar-refractivity contribution >= 4 is 5.65 Å². The highest BCUT2D eigenvalue weighted by Crippen LogP contribution is 2.28. The van der Waals surface area contributed by atoms with Gasteiger partial charge in [0.1, 0.15) is 5.82 Å². The first-order valence-corrected chi connectivity index (χ1v) is 7.33. The summed E-state index contributed by atoms with van der Waals surface area (Å²) >= 11 is 0. The molecule has 1 aliphatic heterocycles. The van der Waals surface area contributed by atoms with Crippen LogP contribution in [0, 0.1) is 0 Å². The van der Waals surface area contributed by atoms with Crippen molar-refractivity contribution in [3.05, 3.63) is 30.2 Å². The molecule has 0 aliphatic carbocycles. The first kappa shape index (κ1) is 12.6.